The van der Waals surface area contributed by atoms with E-state index >= 15 is 0 Å². The average Bonchev–Trinajstić information content (AvgIpc) is 2.12. The first-order chi connectivity index (χ1) is 5.65. The minimum atomic E-state index is -0.316. The number of hydrogen-bond acceptors (Lipinski definition) is 2. The molecule has 0 N–H and O–H groups in total. The summed E-state index contributed by atoms with van der Waals surface area (Å²) in [6, 6.07) is 0. The first-order valence-electron chi connectivity index (χ1n) is 4.17. The average molecular weight is 168 g/mol. The molecule has 2 heteroatoms. The second kappa shape index (κ2) is 5.58. The summed E-state index contributed by atoms with van der Waals surface area (Å²) in [4.78, 5) is 11.1. The molecule has 2 nitrogen and oxygen atoms in total. The molecule has 0 heterocycles. The third-order valence-electron chi connectivity index (χ3n) is 1.64. The fraction of sp³-hybridized carbons (Fsp3) is 0.500. The van der Waals surface area contributed by atoms with E-state index in [9.17, 15) is 4.79 Å². The number of esters is 1. The van der Waals surface area contributed by atoms with Gasteiger partial charge in [-0.3, -0.25) is 0 Å². The predicted molar refractivity (Wildman–Crippen MR) is 49.8 cm³/mol. The molecule has 0 aliphatic carbocycles. The van der Waals surface area contributed by atoms with Gasteiger partial charge in [-0.05, 0) is 12.8 Å². The van der Waals surface area contributed by atoms with Gasteiger partial charge < -0.3 is 4.74 Å². The van der Waals surface area contributed by atoms with Gasteiger partial charge in [-0.25, -0.2) is 4.79 Å². The quantitative estimate of drug-likeness (QED) is 0.358. The Bertz CT molecular complexity index is 182. The van der Waals surface area contributed by atoms with E-state index in [0.717, 1.165) is 6.42 Å². The predicted octanol–water partition coefficient (Wildman–Crippen LogP) is 2.46. The van der Waals surface area contributed by atoms with E-state index in [0.29, 0.717) is 12.0 Å². The van der Waals surface area contributed by atoms with Crippen molar-refractivity contribution in [2.24, 2.45) is 0 Å². The third kappa shape index (κ3) is 3.37. The molecule has 1 unspecified atom stereocenters. The molecule has 0 aromatic carbocycles. The van der Waals surface area contributed by atoms with Crippen molar-refractivity contribution in [2.45, 2.75) is 32.8 Å². The van der Waals surface area contributed by atoms with Gasteiger partial charge in [0, 0.05) is 5.57 Å². The van der Waals surface area contributed by atoms with Crippen molar-refractivity contribution >= 4 is 5.97 Å². The summed E-state index contributed by atoms with van der Waals surface area (Å²) >= 11 is 0. The molecule has 68 valence electrons. The van der Waals surface area contributed by atoms with Crippen molar-refractivity contribution in [1.82, 2.24) is 0 Å². The lowest BCUT2D eigenvalue weighted by atomic mass is 10.2. The monoisotopic (exact) mass is 168 g/mol. The van der Waals surface area contributed by atoms with E-state index in [1.807, 2.05) is 13.8 Å². The molecule has 0 aliphatic heterocycles. The van der Waals surface area contributed by atoms with Crippen LogP contribution in [0.5, 0.6) is 0 Å². The van der Waals surface area contributed by atoms with Crippen LogP contribution < -0.4 is 0 Å². The highest BCUT2D eigenvalue weighted by Gasteiger charge is 2.10. The van der Waals surface area contributed by atoms with Gasteiger partial charge in [0.25, 0.3) is 0 Å². The smallest absolute Gasteiger partial charge is 0.333 e. The molecule has 0 spiro atoms. The first kappa shape index (κ1) is 11.0. The molecule has 0 bridgehead atoms. The van der Waals surface area contributed by atoms with Crippen LogP contribution in [0, 0.1) is 0 Å². The molecule has 1 atom stereocenters. The number of hydrogen-bond donors (Lipinski definition) is 0. The van der Waals surface area contributed by atoms with E-state index < -0.39 is 0 Å². The molecular weight excluding hydrogens is 152 g/mol. The zero-order valence-corrected chi connectivity index (χ0v) is 7.80. The van der Waals surface area contributed by atoms with E-state index in [4.69, 9.17) is 4.74 Å². The van der Waals surface area contributed by atoms with Crippen molar-refractivity contribution in [1.29, 1.82) is 0 Å². The molecular formula is C10H16O2. The first-order valence-corrected chi connectivity index (χ1v) is 4.17. The summed E-state index contributed by atoms with van der Waals surface area (Å²) in [6.45, 7) is 11.0. The molecule has 0 saturated heterocycles. The second-order valence-corrected chi connectivity index (χ2v) is 2.54. The Balaban J connectivity index is 3.98. The molecule has 12 heavy (non-hydrogen) atoms. The Kier molecular flexibility index (Phi) is 5.09. The highest BCUT2D eigenvalue weighted by molar-refractivity contribution is 5.87. The highest BCUT2D eigenvalue weighted by Crippen LogP contribution is 2.05. The number of carbonyl (C=O) groups is 1. The molecule has 0 radical (unpaired) electrons. The maximum absolute atomic E-state index is 11.1. The second-order valence-electron chi connectivity index (χ2n) is 2.54. The molecule has 0 rings (SSSR count). The summed E-state index contributed by atoms with van der Waals surface area (Å²) in [5, 5.41) is 0. The maximum Gasteiger partial charge on any atom is 0.333 e. The van der Waals surface area contributed by atoms with Crippen molar-refractivity contribution in [3.8, 4) is 0 Å². The summed E-state index contributed by atoms with van der Waals surface area (Å²) in [5.41, 5.74) is 0.510. The van der Waals surface area contributed by atoms with Crippen LogP contribution in [0.15, 0.2) is 24.8 Å². The van der Waals surface area contributed by atoms with Gasteiger partial charge >= 0.3 is 5.97 Å². The van der Waals surface area contributed by atoms with Crippen LogP contribution in [0.3, 0.4) is 0 Å². The standard InChI is InChI=1S/C10H16O2/c1-5-8(4)10(11)12-9(6-2)7-3/h6,9H,2,4-5,7H2,1,3H3. The Labute approximate surface area is 73.9 Å². The maximum atomic E-state index is 11.1. The Hall–Kier alpha value is -1.05. The molecule has 0 fully saturated rings. The van der Waals surface area contributed by atoms with Gasteiger partial charge in [0.15, 0.2) is 0 Å². The molecule has 0 aliphatic rings. The largest absolute Gasteiger partial charge is 0.455 e. The number of carbonyl (C=O) groups excluding carboxylic acids is 1. The van der Waals surface area contributed by atoms with Crippen LogP contribution in [0.25, 0.3) is 0 Å². The van der Waals surface area contributed by atoms with Gasteiger partial charge in [0.2, 0.25) is 0 Å². The molecule has 0 amide bonds. The van der Waals surface area contributed by atoms with Crippen molar-refractivity contribution in [3.63, 3.8) is 0 Å². The van der Waals surface area contributed by atoms with E-state index in [-0.39, 0.29) is 12.1 Å². The molecule has 0 aromatic heterocycles. The van der Waals surface area contributed by atoms with Gasteiger partial charge in [-0.15, -0.1) is 0 Å². The van der Waals surface area contributed by atoms with E-state index in [1.54, 1.807) is 6.08 Å². The topological polar surface area (TPSA) is 26.3 Å². The van der Waals surface area contributed by atoms with Crippen molar-refractivity contribution in [3.05, 3.63) is 24.8 Å². The summed E-state index contributed by atoms with van der Waals surface area (Å²) < 4.78 is 5.04. The van der Waals surface area contributed by atoms with Crippen LogP contribution in [0.1, 0.15) is 26.7 Å². The fourth-order valence-corrected chi connectivity index (χ4v) is 0.663. The van der Waals surface area contributed by atoms with Crippen LogP contribution in [0.4, 0.5) is 0 Å². The Morgan fingerprint density at radius 2 is 2.17 bits per heavy atom. The highest BCUT2D eigenvalue weighted by atomic mass is 16.5. The minimum Gasteiger partial charge on any atom is -0.455 e. The van der Waals surface area contributed by atoms with E-state index in [2.05, 4.69) is 13.2 Å². The molecule has 0 saturated carbocycles. The lowest BCUT2D eigenvalue weighted by Gasteiger charge is -2.11. The SMILES string of the molecule is C=CC(CC)OC(=O)C(=C)CC. The number of ether oxygens (including phenoxy) is 1. The van der Waals surface area contributed by atoms with Crippen molar-refractivity contribution in [2.75, 3.05) is 0 Å². The van der Waals surface area contributed by atoms with Crippen LogP contribution >= 0.6 is 0 Å². The Morgan fingerprint density at radius 3 is 2.50 bits per heavy atom. The summed E-state index contributed by atoms with van der Waals surface area (Å²) in [7, 11) is 0. The van der Waals surface area contributed by atoms with Crippen LogP contribution in [0.2, 0.25) is 0 Å². The third-order valence-corrected chi connectivity index (χ3v) is 1.64. The van der Waals surface area contributed by atoms with Crippen LogP contribution in [-0.2, 0) is 9.53 Å². The van der Waals surface area contributed by atoms with Gasteiger partial charge in [-0.2, -0.15) is 0 Å². The van der Waals surface area contributed by atoms with Gasteiger partial charge in [0.05, 0.1) is 0 Å². The lowest BCUT2D eigenvalue weighted by Crippen LogP contribution is -2.15. The number of rotatable bonds is 5. The van der Waals surface area contributed by atoms with Crippen LogP contribution in [-0.4, -0.2) is 12.1 Å². The normalized spacial score (nSPS) is 11.8. The lowest BCUT2D eigenvalue weighted by molar-refractivity contribution is -0.142. The summed E-state index contributed by atoms with van der Waals surface area (Å²) in [6.07, 6.45) is 2.83. The fourth-order valence-electron chi connectivity index (χ4n) is 0.663. The zero-order valence-electron chi connectivity index (χ0n) is 7.80. The van der Waals surface area contributed by atoms with Gasteiger partial charge in [0.1, 0.15) is 6.10 Å². The molecule has 0 aromatic rings. The minimum absolute atomic E-state index is 0.180. The van der Waals surface area contributed by atoms with E-state index in [1.165, 1.54) is 0 Å². The summed E-state index contributed by atoms with van der Waals surface area (Å²) in [5.74, 6) is -0.316. The van der Waals surface area contributed by atoms with Gasteiger partial charge in [-0.1, -0.05) is 33.1 Å². The Morgan fingerprint density at radius 1 is 1.58 bits per heavy atom. The zero-order chi connectivity index (χ0) is 9.56. The van der Waals surface area contributed by atoms with Crippen molar-refractivity contribution < 1.29 is 9.53 Å².